The van der Waals surface area contributed by atoms with Crippen LogP contribution in [0.1, 0.15) is 31.4 Å². The molecule has 0 fully saturated rings. The Bertz CT molecular complexity index is 543. The molecule has 5 nitrogen and oxygen atoms in total. The number of ether oxygens (including phenoxy) is 2. The van der Waals surface area contributed by atoms with Crippen LogP contribution in [0.2, 0.25) is 0 Å². The molecule has 0 saturated heterocycles. The maximum atomic E-state index is 11.6. The SMILES string of the molecule is CCS(=O)(=O)CCCC(NC)c1cccc(OC)c1OC. The van der Waals surface area contributed by atoms with Gasteiger partial charge in [-0.05, 0) is 26.0 Å². The van der Waals surface area contributed by atoms with E-state index in [1.165, 1.54) is 0 Å². The van der Waals surface area contributed by atoms with Crippen LogP contribution in [-0.2, 0) is 9.84 Å². The lowest BCUT2D eigenvalue weighted by atomic mass is 10.0. The third kappa shape index (κ3) is 4.89. The summed E-state index contributed by atoms with van der Waals surface area (Å²) in [4.78, 5) is 0. The topological polar surface area (TPSA) is 64.6 Å². The van der Waals surface area contributed by atoms with Crippen molar-refractivity contribution in [3.8, 4) is 11.5 Å². The van der Waals surface area contributed by atoms with Crippen molar-refractivity contribution in [3.63, 3.8) is 0 Å². The molecule has 0 aromatic heterocycles. The molecular formula is C15H25NO4S. The predicted molar refractivity (Wildman–Crippen MR) is 84.9 cm³/mol. The van der Waals surface area contributed by atoms with Crippen LogP contribution in [0, 0.1) is 0 Å². The quantitative estimate of drug-likeness (QED) is 0.756. The van der Waals surface area contributed by atoms with Gasteiger partial charge >= 0.3 is 0 Å². The predicted octanol–water partition coefficient (Wildman–Crippen LogP) is 2.18. The van der Waals surface area contributed by atoms with Crippen LogP contribution in [-0.4, -0.2) is 41.2 Å². The Morgan fingerprint density at radius 3 is 2.48 bits per heavy atom. The second-order valence-electron chi connectivity index (χ2n) is 4.80. The van der Waals surface area contributed by atoms with Crippen molar-refractivity contribution in [2.75, 3.05) is 32.8 Å². The summed E-state index contributed by atoms with van der Waals surface area (Å²) in [6.45, 7) is 1.68. The minimum Gasteiger partial charge on any atom is -0.493 e. The number of sulfone groups is 1. The molecule has 1 rings (SSSR count). The third-order valence-electron chi connectivity index (χ3n) is 3.55. The summed E-state index contributed by atoms with van der Waals surface area (Å²) < 4.78 is 33.9. The van der Waals surface area contributed by atoms with Gasteiger partial charge in [-0.25, -0.2) is 8.42 Å². The fraction of sp³-hybridized carbons (Fsp3) is 0.600. The van der Waals surface area contributed by atoms with E-state index in [1.807, 2.05) is 25.2 Å². The first-order valence-corrected chi connectivity index (χ1v) is 8.89. The van der Waals surface area contributed by atoms with Crippen molar-refractivity contribution in [2.24, 2.45) is 0 Å². The minimum atomic E-state index is -2.92. The molecule has 21 heavy (non-hydrogen) atoms. The zero-order valence-electron chi connectivity index (χ0n) is 13.2. The van der Waals surface area contributed by atoms with Crippen molar-refractivity contribution >= 4 is 9.84 Å². The van der Waals surface area contributed by atoms with Gasteiger partial charge < -0.3 is 14.8 Å². The summed E-state index contributed by atoms with van der Waals surface area (Å²) >= 11 is 0. The minimum absolute atomic E-state index is 0.0297. The standard InChI is InChI=1S/C15H25NO4S/c1-5-21(17,18)11-7-9-13(16-2)12-8-6-10-14(19-3)15(12)20-4/h6,8,10,13,16H,5,7,9,11H2,1-4H3. The van der Waals surface area contributed by atoms with Crippen molar-refractivity contribution in [2.45, 2.75) is 25.8 Å². The van der Waals surface area contributed by atoms with Gasteiger partial charge in [-0.2, -0.15) is 0 Å². The average Bonchev–Trinajstić information content (AvgIpc) is 2.50. The lowest BCUT2D eigenvalue weighted by molar-refractivity contribution is 0.346. The second kappa shape index (κ2) is 8.24. The Labute approximate surface area is 127 Å². The highest BCUT2D eigenvalue weighted by atomic mass is 32.2. The summed E-state index contributed by atoms with van der Waals surface area (Å²) in [5.41, 5.74) is 0.980. The molecular weight excluding hydrogens is 290 g/mol. The third-order valence-corrected chi connectivity index (χ3v) is 5.34. The number of nitrogens with one attached hydrogen (secondary N) is 1. The number of hydrogen-bond acceptors (Lipinski definition) is 5. The highest BCUT2D eigenvalue weighted by molar-refractivity contribution is 7.91. The van der Waals surface area contributed by atoms with Gasteiger partial charge in [0.2, 0.25) is 0 Å². The van der Waals surface area contributed by atoms with Crippen molar-refractivity contribution in [3.05, 3.63) is 23.8 Å². The van der Waals surface area contributed by atoms with Crippen LogP contribution in [0.25, 0.3) is 0 Å². The van der Waals surface area contributed by atoms with Crippen molar-refractivity contribution < 1.29 is 17.9 Å². The van der Waals surface area contributed by atoms with Gasteiger partial charge in [-0.1, -0.05) is 19.1 Å². The fourth-order valence-corrected chi connectivity index (χ4v) is 3.19. The van der Waals surface area contributed by atoms with Gasteiger partial charge in [-0.3, -0.25) is 0 Å². The van der Waals surface area contributed by atoms with Gasteiger partial charge in [0.15, 0.2) is 11.5 Å². The van der Waals surface area contributed by atoms with E-state index in [0.29, 0.717) is 17.9 Å². The molecule has 0 amide bonds. The van der Waals surface area contributed by atoms with Crippen LogP contribution in [0.5, 0.6) is 11.5 Å². The van der Waals surface area contributed by atoms with Gasteiger partial charge in [0, 0.05) is 17.4 Å². The monoisotopic (exact) mass is 315 g/mol. The summed E-state index contributed by atoms with van der Waals surface area (Å²) in [5, 5.41) is 3.22. The molecule has 0 spiro atoms. The number of methoxy groups -OCH3 is 2. The first-order valence-electron chi connectivity index (χ1n) is 7.07. The highest BCUT2D eigenvalue weighted by Crippen LogP contribution is 2.35. The van der Waals surface area contributed by atoms with Crippen molar-refractivity contribution in [1.29, 1.82) is 0 Å². The van der Waals surface area contributed by atoms with Crippen LogP contribution in [0.15, 0.2) is 18.2 Å². The molecule has 0 aliphatic heterocycles. The fourth-order valence-electron chi connectivity index (χ4n) is 2.29. The molecule has 0 radical (unpaired) electrons. The molecule has 6 heteroatoms. The lowest BCUT2D eigenvalue weighted by Gasteiger charge is -2.20. The maximum absolute atomic E-state index is 11.6. The highest BCUT2D eigenvalue weighted by Gasteiger charge is 2.18. The largest absolute Gasteiger partial charge is 0.493 e. The van der Waals surface area contributed by atoms with E-state index >= 15 is 0 Å². The zero-order valence-corrected chi connectivity index (χ0v) is 14.0. The van der Waals surface area contributed by atoms with Gasteiger partial charge in [0.05, 0.1) is 20.0 Å². The Hall–Kier alpha value is -1.27. The normalized spacial score (nSPS) is 13.0. The van der Waals surface area contributed by atoms with Crippen LogP contribution in [0.3, 0.4) is 0 Å². The van der Waals surface area contributed by atoms with Crippen LogP contribution >= 0.6 is 0 Å². The van der Waals surface area contributed by atoms with E-state index in [2.05, 4.69) is 5.32 Å². The van der Waals surface area contributed by atoms with Gasteiger partial charge in [0.25, 0.3) is 0 Å². The van der Waals surface area contributed by atoms with Crippen LogP contribution < -0.4 is 14.8 Å². The molecule has 0 aliphatic rings. The molecule has 0 heterocycles. The van der Waals surface area contributed by atoms with E-state index in [4.69, 9.17) is 9.47 Å². The summed E-state index contributed by atoms with van der Waals surface area (Å²) in [6, 6.07) is 5.75. The molecule has 1 N–H and O–H groups in total. The first-order chi connectivity index (χ1) is 9.99. The molecule has 1 aromatic rings. The molecule has 1 atom stereocenters. The molecule has 120 valence electrons. The van der Waals surface area contributed by atoms with E-state index in [9.17, 15) is 8.42 Å². The number of hydrogen-bond donors (Lipinski definition) is 1. The van der Waals surface area contributed by atoms with Crippen molar-refractivity contribution in [1.82, 2.24) is 5.32 Å². The first kappa shape index (κ1) is 17.8. The molecule has 0 saturated carbocycles. The smallest absolute Gasteiger partial charge is 0.165 e. The van der Waals surface area contributed by atoms with E-state index in [-0.39, 0.29) is 17.5 Å². The van der Waals surface area contributed by atoms with Gasteiger partial charge in [-0.15, -0.1) is 0 Å². The van der Waals surface area contributed by atoms with E-state index < -0.39 is 9.84 Å². The van der Waals surface area contributed by atoms with Crippen LogP contribution in [0.4, 0.5) is 0 Å². The molecule has 1 unspecified atom stereocenters. The Morgan fingerprint density at radius 1 is 1.24 bits per heavy atom. The zero-order chi connectivity index (χ0) is 15.9. The summed E-state index contributed by atoms with van der Waals surface area (Å²) in [5.74, 6) is 1.78. The average molecular weight is 315 g/mol. The molecule has 1 aromatic carbocycles. The van der Waals surface area contributed by atoms with E-state index in [0.717, 1.165) is 12.0 Å². The van der Waals surface area contributed by atoms with Gasteiger partial charge in [0.1, 0.15) is 9.84 Å². The number of para-hydroxylation sites is 1. The lowest BCUT2D eigenvalue weighted by Crippen LogP contribution is -2.19. The number of benzene rings is 1. The number of rotatable bonds is 9. The summed E-state index contributed by atoms with van der Waals surface area (Å²) in [6.07, 6.45) is 1.33. The summed E-state index contributed by atoms with van der Waals surface area (Å²) in [7, 11) is 2.15. The second-order valence-corrected chi connectivity index (χ2v) is 7.28. The van der Waals surface area contributed by atoms with E-state index in [1.54, 1.807) is 21.1 Å². The Balaban J connectivity index is 2.86. The molecule has 0 bridgehead atoms. The Kier molecular flexibility index (Phi) is 6.98. The Morgan fingerprint density at radius 2 is 1.95 bits per heavy atom. The maximum Gasteiger partial charge on any atom is 0.165 e. The molecule has 0 aliphatic carbocycles.